The van der Waals surface area contributed by atoms with E-state index < -0.39 is 0 Å². The minimum Gasteiger partial charge on any atom is -0.384 e. The average Bonchev–Trinajstić information content (AvgIpc) is 3.12. The van der Waals surface area contributed by atoms with Gasteiger partial charge in [0, 0.05) is 40.1 Å². The number of benzene rings is 2. The van der Waals surface area contributed by atoms with Gasteiger partial charge < -0.3 is 10.6 Å². The lowest BCUT2D eigenvalue weighted by molar-refractivity contribution is 0.666. The number of nitrogens with zero attached hydrogens (tertiary/aromatic N) is 2. The summed E-state index contributed by atoms with van der Waals surface area (Å²) in [5.74, 6) is 0. The molecule has 0 fully saturated rings. The van der Waals surface area contributed by atoms with Gasteiger partial charge in [0.1, 0.15) is 0 Å². The summed E-state index contributed by atoms with van der Waals surface area (Å²) in [7, 11) is 0. The number of anilines is 1. The highest BCUT2D eigenvalue weighted by Crippen LogP contribution is 2.27. The summed E-state index contributed by atoms with van der Waals surface area (Å²) < 4.78 is 1.17. The molecule has 2 aromatic heterocycles. The molecular weight excluding hydrogens is 388 g/mol. The molecule has 0 radical (unpaired) electrons. The van der Waals surface area contributed by atoms with Crippen molar-refractivity contribution >= 4 is 49.6 Å². The molecule has 2 heterocycles. The van der Waals surface area contributed by atoms with E-state index in [1.165, 1.54) is 15.6 Å². The molecule has 0 aliphatic carbocycles. The predicted molar refractivity (Wildman–Crippen MR) is 118 cm³/mol. The minimum atomic E-state index is 0.700. The van der Waals surface area contributed by atoms with Crippen molar-refractivity contribution in [3.63, 3.8) is 0 Å². The molecule has 6 heteroatoms. The number of hydrogen-bond acceptors (Lipinski definition) is 5. The Bertz CT molecular complexity index is 1160. The summed E-state index contributed by atoms with van der Waals surface area (Å²) in [4.78, 5) is 4.37. The molecule has 140 valence electrons. The standard InChI is InChI=1S/C22H19ClN4S/c23-17-3-5-19-20(6-9-27-21(19)11-17)26-8-1-7-25-13-16-14-28-22-10-15(12-24)2-4-18(16)22/h2-6,9-11,14,25H,1,7-8,13H2,(H,26,27). The Morgan fingerprint density at radius 3 is 2.86 bits per heavy atom. The Kier molecular flexibility index (Phi) is 5.73. The van der Waals surface area contributed by atoms with E-state index in [2.05, 4.69) is 27.1 Å². The van der Waals surface area contributed by atoms with Crippen molar-refractivity contribution in [2.45, 2.75) is 13.0 Å². The lowest BCUT2D eigenvalue weighted by atomic mass is 10.1. The van der Waals surface area contributed by atoms with Crippen LogP contribution in [0.25, 0.3) is 21.0 Å². The molecular formula is C22H19ClN4S. The third-order valence-corrected chi connectivity index (χ3v) is 5.88. The second-order valence-electron chi connectivity index (χ2n) is 6.56. The molecule has 0 aliphatic rings. The van der Waals surface area contributed by atoms with Crippen LogP contribution in [0, 0.1) is 11.3 Å². The maximum Gasteiger partial charge on any atom is 0.0992 e. The SMILES string of the molecule is N#Cc1ccc2c(CNCCCNc3ccnc4cc(Cl)ccc34)csc2c1. The second-order valence-corrected chi connectivity index (χ2v) is 7.91. The van der Waals surface area contributed by atoms with Crippen LogP contribution in [-0.2, 0) is 6.54 Å². The van der Waals surface area contributed by atoms with Crippen LogP contribution in [-0.4, -0.2) is 18.1 Å². The van der Waals surface area contributed by atoms with Crippen LogP contribution in [0.5, 0.6) is 0 Å². The molecule has 4 aromatic rings. The highest BCUT2D eigenvalue weighted by atomic mass is 35.5. The number of halogens is 1. The number of rotatable bonds is 7. The van der Waals surface area contributed by atoms with Crippen molar-refractivity contribution in [1.82, 2.24) is 10.3 Å². The van der Waals surface area contributed by atoms with Crippen molar-refractivity contribution in [2.24, 2.45) is 0 Å². The van der Waals surface area contributed by atoms with Gasteiger partial charge in [-0.1, -0.05) is 17.7 Å². The van der Waals surface area contributed by atoms with E-state index in [1.807, 2.05) is 42.5 Å². The van der Waals surface area contributed by atoms with E-state index in [-0.39, 0.29) is 0 Å². The maximum atomic E-state index is 9.01. The Labute approximate surface area is 172 Å². The fourth-order valence-corrected chi connectivity index (χ4v) is 4.39. The van der Waals surface area contributed by atoms with Gasteiger partial charge >= 0.3 is 0 Å². The van der Waals surface area contributed by atoms with Crippen LogP contribution in [0.2, 0.25) is 5.02 Å². The lowest BCUT2D eigenvalue weighted by Crippen LogP contribution is -2.17. The predicted octanol–water partition coefficient (Wildman–Crippen LogP) is 5.57. The molecule has 4 rings (SSSR count). The molecule has 0 bridgehead atoms. The van der Waals surface area contributed by atoms with Crippen molar-refractivity contribution in [2.75, 3.05) is 18.4 Å². The Balaban J connectivity index is 1.27. The zero-order valence-electron chi connectivity index (χ0n) is 15.2. The zero-order valence-corrected chi connectivity index (χ0v) is 16.8. The third kappa shape index (κ3) is 4.10. The number of nitrogens with one attached hydrogen (secondary N) is 2. The number of thiophene rings is 1. The van der Waals surface area contributed by atoms with E-state index >= 15 is 0 Å². The van der Waals surface area contributed by atoms with Gasteiger partial charge in [-0.25, -0.2) is 0 Å². The fraction of sp³-hybridized carbons (Fsp3) is 0.182. The molecule has 0 saturated heterocycles. The van der Waals surface area contributed by atoms with Gasteiger partial charge in [0.2, 0.25) is 0 Å². The van der Waals surface area contributed by atoms with Gasteiger partial charge in [-0.05, 0) is 65.7 Å². The summed E-state index contributed by atoms with van der Waals surface area (Å²) >= 11 is 7.74. The number of aromatic nitrogens is 1. The molecule has 0 aliphatic heterocycles. The normalized spacial score (nSPS) is 11.0. The monoisotopic (exact) mass is 406 g/mol. The van der Waals surface area contributed by atoms with E-state index in [1.54, 1.807) is 17.5 Å². The van der Waals surface area contributed by atoms with Crippen LogP contribution in [0.1, 0.15) is 17.5 Å². The first kappa shape index (κ1) is 18.7. The molecule has 4 nitrogen and oxygen atoms in total. The quantitative estimate of drug-likeness (QED) is 0.394. The van der Waals surface area contributed by atoms with Gasteiger partial charge in [0.05, 0.1) is 17.1 Å². The Hall–Kier alpha value is -2.65. The van der Waals surface area contributed by atoms with Crippen LogP contribution in [0.4, 0.5) is 5.69 Å². The summed E-state index contributed by atoms with van der Waals surface area (Å²) in [5.41, 5.74) is 3.98. The first-order chi connectivity index (χ1) is 13.7. The second kappa shape index (κ2) is 8.57. The fourth-order valence-electron chi connectivity index (χ4n) is 3.22. The highest BCUT2D eigenvalue weighted by Gasteiger charge is 2.05. The van der Waals surface area contributed by atoms with E-state index in [9.17, 15) is 0 Å². The van der Waals surface area contributed by atoms with E-state index in [0.717, 1.165) is 42.6 Å². The Morgan fingerprint density at radius 2 is 1.96 bits per heavy atom. The summed E-state index contributed by atoms with van der Waals surface area (Å²) in [6.07, 6.45) is 2.82. The smallest absolute Gasteiger partial charge is 0.0992 e. The first-order valence-corrected chi connectivity index (χ1v) is 10.4. The number of pyridine rings is 1. The lowest BCUT2D eigenvalue weighted by Gasteiger charge is -2.10. The molecule has 0 atom stereocenters. The summed E-state index contributed by atoms with van der Waals surface area (Å²) in [6, 6.07) is 15.9. The molecule has 28 heavy (non-hydrogen) atoms. The number of hydrogen-bond donors (Lipinski definition) is 2. The minimum absolute atomic E-state index is 0.700. The van der Waals surface area contributed by atoms with Crippen LogP contribution in [0.15, 0.2) is 54.0 Å². The van der Waals surface area contributed by atoms with Crippen LogP contribution >= 0.6 is 22.9 Å². The molecule has 0 saturated carbocycles. The molecule has 0 spiro atoms. The number of nitriles is 1. The van der Waals surface area contributed by atoms with Crippen molar-refractivity contribution in [3.8, 4) is 6.07 Å². The van der Waals surface area contributed by atoms with Gasteiger partial charge in [-0.2, -0.15) is 5.26 Å². The molecule has 2 aromatic carbocycles. The third-order valence-electron chi connectivity index (χ3n) is 4.65. The first-order valence-electron chi connectivity index (χ1n) is 9.14. The highest BCUT2D eigenvalue weighted by molar-refractivity contribution is 7.17. The van der Waals surface area contributed by atoms with Gasteiger partial charge in [-0.15, -0.1) is 11.3 Å². The molecule has 0 unspecified atom stereocenters. The van der Waals surface area contributed by atoms with Gasteiger partial charge in [-0.3, -0.25) is 4.98 Å². The average molecular weight is 407 g/mol. The van der Waals surface area contributed by atoms with Crippen molar-refractivity contribution in [3.05, 3.63) is 70.2 Å². The Morgan fingerprint density at radius 1 is 1.07 bits per heavy atom. The van der Waals surface area contributed by atoms with Gasteiger partial charge in [0.15, 0.2) is 0 Å². The summed E-state index contributed by atoms with van der Waals surface area (Å²) in [5, 5.41) is 21.2. The largest absolute Gasteiger partial charge is 0.384 e. The molecule has 2 N–H and O–H groups in total. The van der Waals surface area contributed by atoms with Crippen molar-refractivity contribution < 1.29 is 0 Å². The van der Waals surface area contributed by atoms with E-state index in [4.69, 9.17) is 16.9 Å². The van der Waals surface area contributed by atoms with Crippen LogP contribution in [0.3, 0.4) is 0 Å². The zero-order chi connectivity index (χ0) is 19.3. The van der Waals surface area contributed by atoms with Gasteiger partial charge in [0.25, 0.3) is 0 Å². The van der Waals surface area contributed by atoms with E-state index in [0.29, 0.717) is 10.6 Å². The maximum absolute atomic E-state index is 9.01. The topological polar surface area (TPSA) is 60.7 Å². The number of fused-ring (bicyclic) bond motifs is 2. The van der Waals surface area contributed by atoms with Crippen molar-refractivity contribution in [1.29, 1.82) is 5.26 Å². The summed E-state index contributed by atoms with van der Waals surface area (Å²) in [6.45, 7) is 2.64. The molecule has 0 amide bonds. The van der Waals surface area contributed by atoms with Crippen LogP contribution < -0.4 is 10.6 Å².